The lowest BCUT2D eigenvalue weighted by molar-refractivity contribution is -0.122. The van der Waals surface area contributed by atoms with Gasteiger partial charge in [-0.05, 0) is 66.7 Å². The van der Waals surface area contributed by atoms with E-state index in [4.69, 9.17) is 39.0 Å². The van der Waals surface area contributed by atoms with Gasteiger partial charge >= 0.3 is 16.1 Å². The van der Waals surface area contributed by atoms with Crippen molar-refractivity contribution in [1.29, 1.82) is 0 Å². The normalized spacial score (nSPS) is 15.3. The van der Waals surface area contributed by atoms with Crippen molar-refractivity contribution in [3.05, 3.63) is 91.3 Å². The first-order valence-corrected chi connectivity index (χ1v) is 13.2. The van der Waals surface area contributed by atoms with E-state index in [1.54, 1.807) is 0 Å². The van der Waals surface area contributed by atoms with Crippen molar-refractivity contribution < 1.29 is 27.0 Å². The molecule has 0 radical (unpaired) electrons. The molecule has 4 amide bonds. The molecule has 8 nitrogen and oxygen atoms in total. The zero-order valence-corrected chi connectivity index (χ0v) is 22.3. The van der Waals surface area contributed by atoms with Crippen LogP contribution >= 0.6 is 50.7 Å². The van der Waals surface area contributed by atoms with Gasteiger partial charge < -0.3 is 4.18 Å². The first-order chi connectivity index (χ1) is 17.0. The van der Waals surface area contributed by atoms with Gasteiger partial charge in [0, 0.05) is 15.1 Å². The van der Waals surface area contributed by atoms with Gasteiger partial charge in [-0.3, -0.25) is 14.9 Å². The van der Waals surface area contributed by atoms with Gasteiger partial charge in [0.05, 0.1) is 15.7 Å². The highest BCUT2D eigenvalue weighted by atomic mass is 79.9. The second kappa shape index (κ2) is 10.2. The largest absolute Gasteiger partial charge is 0.378 e. The van der Waals surface area contributed by atoms with Crippen LogP contribution in [0.25, 0.3) is 6.08 Å². The number of benzene rings is 3. The summed E-state index contributed by atoms with van der Waals surface area (Å²) in [5.41, 5.74) is -0.308. The summed E-state index contributed by atoms with van der Waals surface area (Å²) in [5, 5.41) is 2.71. The molecular formula is C23H12BrCl3N2O6S. The standard InChI is InChI=1S/C23H12BrCl3N2O6S/c24-13-1-8-20(35-36(33,34)16-5-2-14(25)3-6-16)12(9-13)10-17-21(30)28-23(32)29(22(17)31)15-4-7-18(26)19(27)11-15/h1-11H,(H,28,30,32)/b17-10+. The van der Waals surface area contributed by atoms with Gasteiger partial charge in [-0.25, -0.2) is 9.69 Å². The second-order valence-corrected chi connectivity index (χ2v) is 10.9. The number of hydrogen-bond donors (Lipinski definition) is 1. The van der Waals surface area contributed by atoms with E-state index in [1.165, 1.54) is 60.7 Å². The Balaban J connectivity index is 1.75. The summed E-state index contributed by atoms with van der Waals surface area (Å²) in [6, 6.07) is 12.7. The molecule has 0 spiro atoms. The van der Waals surface area contributed by atoms with Crippen molar-refractivity contribution in [3.8, 4) is 5.75 Å². The van der Waals surface area contributed by atoms with Gasteiger partial charge in [0.15, 0.2) is 0 Å². The molecule has 13 heteroatoms. The average Bonchev–Trinajstić information content (AvgIpc) is 2.80. The predicted octanol–water partition coefficient (Wildman–Crippen LogP) is 5.84. The maximum atomic E-state index is 13.2. The summed E-state index contributed by atoms with van der Waals surface area (Å²) in [5.74, 6) is -2.11. The monoisotopic (exact) mass is 628 g/mol. The second-order valence-electron chi connectivity index (χ2n) is 7.23. The summed E-state index contributed by atoms with van der Waals surface area (Å²) in [4.78, 5) is 38.8. The highest BCUT2D eigenvalue weighted by Crippen LogP contribution is 2.32. The highest BCUT2D eigenvalue weighted by molar-refractivity contribution is 9.10. The molecule has 184 valence electrons. The molecule has 3 aromatic rings. The number of carbonyl (C=O) groups is 3. The molecule has 1 saturated heterocycles. The van der Waals surface area contributed by atoms with Crippen molar-refractivity contribution in [2.45, 2.75) is 4.90 Å². The topological polar surface area (TPSA) is 110 Å². The molecule has 4 rings (SSSR count). The summed E-state index contributed by atoms with van der Waals surface area (Å²) >= 11 is 21.0. The van der Waals surface area contributed by atoms with E-state index in [1.807, 2.05) is 0 Å². The minimum Gasteiger partial charge on any atom is -0.378 e. The quantitative estimate of drug-likeness (QED) is 0.216. The third kappa shape index (κ3) is 5.42. The average molecular weight is 631 g/mol. The number of nitrogens with zero attached hydrogens (tertiary/aromatic N) is 1. The van der Waals surface area contributed by atoms with Crippen molar-refractivity contribution >= 4 is 90.5 Å². The number of rotatable bonds is 5. The number of amides is 4. The Morgan fingerprint density at radius 1 is 0.889 bits per heavy atom. The van der Waals surface area contributed by atoms with E-state index >= 15 is 0 Å². The summed E-state index contributed by atoms with van der Waals surface area (Å²) in [6.45, 7) is 0. The van der Waals surface area contributed by atoms with Crippen LogP contribution in [0.4, 0.5) is 10.5 Å². The van der Waals surface area contributed by atoms with Gasteiger partial charge in [0.2, 0.25) is 0 Å². The van der Waals surface area contributed by atoms with Crippen LogP contribution in [0.3, 0.4) is 0 Å². The van der Waals surface area contributed by atoms with Crippen LogP contribution < -0.4 is 14.4 Å². The molecule has 36 heavy (non-hydrogen) atoms. The Hall–Kier alpha value is -2.89. The highest BCUT2D eigenvalue weighted by Gasteiger charge is 2.37. The zero-order chi connectivity index (χ0) is 26.2. The van der Waals surface area contributed by atoms with E-state index in [0.717, 1.165) is 6.08 Å². The third-order valence-corrected chi connectivity index (χ3v) is 7.57. The first kappa shape index (κ1) is 26.2. The van der Waals surface area contributed by atoms with Gasteiger partial charge in [0.25, 0.3) is 11.8 Å². The molecule has 1 fully saturated rings. The van der Waals surface area contributed by atoms with Crippen LogP contribution in [0.15, 0.2) is 75.6 Å². The zero-order valence-electron chi connectivity index (χ0n) is 17.7. The summed E-state index contributed by atoms with van der Waals surface area (Å²) < 4.78 is 31.4. The molecular weight excluding hydrogens is 619 g/mol. The molecule has 1 aliphatic rings. The molecule has 0 saturated carbocycles. The fraction of sp³-hybridized carbons (Fsp3) is 0. The number of urea groups is 1. The van der Waals surface area contributed by atoms with Crippen LogP contribution in [0.5, 0.6) is 5.75 Å². The van der Waals surface area contributed by atoms with Gasteiger partial charge in [-0.1, -0.05) is 50.7 Å². The number of hydrogen-bond acceptors (Lipinski definition) is 6. The lowest BCUT2D eigenvalue weighted by atomic mass is 10.1. The van der Waals surface area contributed by atoms with E-state index in [-0.39, 0.29) is 31.9 Å². The number of imide groups is 2. The van der Waals surface area contributed by atoms with E-state index in [9.17, 15) is 22.8 Å². The molecule has 0 atom stereocenters. The maximum Gasteiger partial charge on any atom is 0.339 e. The molecule has 1 aliphatic heterocycles. The molecule has 0 aromatic heterocycles. The predicted molar refractivity (Wildman–Crippen MR) is 139 cm³/mol. The lowest BCUT2D eigenvalue weighted by Crippen LogP contribution is -2.54. The van der Waals surface area contributed by atoms with Crippen LogP contribution in [0.2, 0.25) is 15.1 Å². The van der Waals surface area contributed by atoms with Crippen LogP contribution in [-0.2, 0) is 19.7 Å². The number of nitrogens with one attached hydrogen (secondary N) is 1. The number of carbonyl (C=O) groups excluding carboxylic acids is 3. The van der Waals surface area contributed by atoms with Gasteiger partial charge in [0.1, 0.15) is 16.2 Å². The Labute approximate surface area is 228 Å². The summed E-state index contributed by atoms with van der Waals surface area (Å²) in [7, 11) is -4.29. The molecule has 1 heterocycles. The number of anilines is 1. The first-order valence-electron chi connectivity index (χ1n) is 9.82. The van der Waals surface area contributed by atoms with Crippen molar-refractivity contribution in [2.24, 2.45) is 0 Å². The Kier molecular flexibility index (Phi) is 7.44. The minimum absolute atomic E-state index is 0.0707. The van der Waals surface area contributed by atoms with Crippen LogP contribution in [0.1, 0.15) is 5.56 Å². The fourth-order valence-corrected chi connectivity index (χ4v) is 4.90. The molecule has 3 aromatic carbocycles. The van der Waals surface area contributed by atoms with E-state index in [2.05, 4.69) is 21.2 Å². The van der Waals surface area contributed by atoms with Crippen molar-refractivity contribution in [3.63, 3.8) is 0 Å². The Morgan fingerprint density at radius 3 is 2.25 bits per heavy atom. The molecule has 0 unspecified atom stereocenters. The van der Waals surface area contributed by atoms with Gasteiger partial charge in [-0.2, -0.15) is 8.42 Å². The minimum atomic E-state index is -4.29. The van der Waals surface area contributed by atoms with Crippen molar-refractivity contribution in [1.82, 2.24) is 5.32 Å². The third-order valence-electron chi connectivity index (χ3n) is 4.84. The van der Waals surface area contributed by atoms with E-state index in [0.29, 0.717) is 14.4 Å². The lowest BCUT2D eigenvalue weighted by Gasteiger charge is -2.26. The van der Waals surface area contributed by atoms with E-state index < -0.39 is 33.5 Å². The fourth-order valence-electron chi connectivity index (χ4n) is 3.15. The molecule has 0 bridgehead atoms. The van der Waals surface area contributed by atoms with Crippen LogP contribution in [-0.4, -0.2) is 26.3 Å². The SMILES string of the molecule is O=C1NC(=O)N(c2ccc(Cl)c(Cl)c2)C(=O)/C1=C/c1cc(Br)ccc1OS(=O)(=O)c1ccc(Cl)cc1. The number of halogens is 4. The Morgan fingerprint density at radius 2 is 1.58 bits per heavy atom. The summed E-state index contributed by atoms with van der Waals surface area (Å²) in [6.07, 6.45) is 1.12. The molecule has 0 aliphatic carbocycles. The van der Waals surface area contributed by atoms with Crippen LogP contribution in [0, 0.1) is 0 Å². The molecule has 1 N–H and O–H groups in total. The maximum absolute atomic E-state index is 13.2. The Bertz CT molecular complexity index is 1560. The smallest absolute Gasteiger partial charge is 0.339 e. The number of barbiturate groups is 1. The van der Waals surface area contributed by atoms with Crippen molar-refractivity contribution in [2.75, 3.05) is 4.90 Å². The van der Waals surface area contributed by atoms with Gasteiger partial charge in [-0.15, -0.1) is 0 Å².